The second kappa shape index (κ2) is 6.60. The zero-order valence-corrected chi connectivity index (χ0v) is 16.1. The monoisotopic (exact) mass is 450 g/mol. The lowest BCUT2D eigenvalue weighted by molar-refractivity contribution is 0.0953. The number of hydrogen-bond acceptors (Lipinski definition) is 3. The molecule has 1 N–H and O–H groups in total. The van der Waals surface area contributed by atoms with Gasteiger partial charge in [-0.05, 0) is 76.6 Å². The maximum absolute atomic E-state index is 12.8. The van der Waals surface area contributed by atoms with Gasteiger partial charge >= 0.3 is 0 Å². The SMILES string of the molecule is CC(C)c1ccc(C(=O)n2c(=S)[nH]c3ccc(I)cc3c2=O)cc1. The molecule has 4 nitrogen and oxygen atoms in total. The molecule has 0 aliphatic heterocycles. The average Bonchev–Trinajstić information content (AvgIpc) is 2.55. The lowest BCUT2D eigenvalue weighted by Crippen LogP contribution is -2.29. The van der Waals surface area contributed by atoms with Crippen molar-refractivity contribution in [1.82, 2.24) is 9.55 Å². The lowest BCUT2D eigenvalue weighted by atomic mass is 10.0. The summed E-state index contributed by atoms with van der Waals surface area (Å²) in [5.74, 6) is -0.0419. The number of fused-ring (bicyclic) bond motifs is 1. The highest BCUT2D eigenvalue weighted by molar-refractivity contribution is 14.1. The van der Waals surface area contributed by atoms with E-state index in [-0.39, 0.29) is 4.77 Å². The first kappa shape index (κ1) is 17.0. The minimum absolute atomic E-state index is 0.103. The van der Waals surface area contributed by atoms with Gasteiger partial charge in [0.2, 0.25) is 0 Å². The predicted octanol–water partition coefficient (Wildman–Crippen LogP) is 4.48. The van der Waals surface area contributed by atoms with Crippen LogP contribution in [0.1, 0.15) is 35.7 Å². The Bertz CT molecular complexity index is 1050. The first-order valence-electron chi connectivity index (χ1n) is 7.47. The summed E-state index contributed by atoms with van der Waals surface area (Å²) in [6, 6.07) is 12.7. The summed E-state index contributed by atoms with van der Waals surface area (Å²) in [4.78, 5) is 28.5. The maximum Gasteiger partial charge on any atom is 0.269 e. The van der Waals surface area contributed by atoms with Gasteiger partial charge < -0.3 is 4.98 Å². The van der Waals surface area contributed by atoms with Gasteiger partial charge in [-0.25, -0.2) is 4.57 Å². The third kappa shape index (κ3) is 3.08. The summed E-state index contributed by atoms with van der Waals surface area (Å²) in [6.07, 6.45) is 0. The van der Waals surface area contributed by atoms with Gasteiger partial charge in [-0.2, -0.15) is 0 Å². The zero-order chi connectivity index (χ0) is 17.4. The van der Waals surface area contributed by atoms with E-state index in [1.165, 1.54) is 0 Å². The number of nitrogens with zero attached hydrogens (tertiary/aromatic N) is 1. The van der Waals surface area contributed by atoms with Crippen molar-refractivity contribution in [3.63, 3.8) is 0 Å². The molecule has 0 fully saturated rings. The number of halogens is 1. The molecule has 3 aromatic rings. The van der Waals surface area contributed by atoms with E-state index in [0.717, 1.165) is 13.7 Å². The number of rotatable bonds is 2. The molecule has 0 atom stereocenters. The van der Waals surface area contributed by atoms with Crippen molar-refractivity contribution in [2.45, 2.75) is 19.8 Å². The molecule has 0 spiro atoms. The summed E-state index contributed by atoms with van der Waals surface area (Å²) >= 11 is 7.36. The van der Waals surface area contributed by atoms with Crippen molar-refractivity contribution in [1.29, 1.82) is 0 Å². The predicted molar refractivity (Wildman–Crippen MR) is 106 cm³/mol. The Hall–Kier alpha value is -1.80. The number of hydrogen-bond donors (Lipinski definition) is 1. The van der Waals surface area contributed by atoms with Gasteiger partial charge in [0.1, 0.15) is 0 Å². The quantitative estimate of drug-likeness (QED) is 0.463. The van der Waals surface area contributed by atoms with E-state index in [9.17, 15) is 9.59 Å². The van der Waals surface area contributed by atoms with Gasteiger partial charge in [-0.1, -0.05) is 26.0 Å². The Morgan fingerprint density at radius 3 is 2.46 bits per heavy atom. The van der Waals surface area contributed by atoms with Crippen molar-refractivity contribution in [2.75, 3.05) is 0 Å². The van der Waals surface area contributed by atoms with E-state index in [1.54, 1.807) is 24.3 Å². The third-order valence-corrected chi connectivity index (χ3v) is 4.84. The first-order valence-corrected chi connectivity index (χ1v) is 8.96. The van der Waals surface area contributed by atoms with Gasteiger partial charge in [0.15, 0.2) is 4.77 Å². The number of carbonyl (C=O) groups excluding carboxylic acids is 1. The highest BCUT2D eigenvalue weighted by atomic mass is 127. The molecular formula is C18H15IN2O2S. The second-order valence-electron chi connectivity index (χ2n) is 5.84. The Kier molecular flexibility index (Phi) is 4.69. The largest absolute Gasteiger partial charge is 0.331 e. The molecule has 0 bridgehead atoms. The van der Waals surface area contributed by atoms with E-state index in [2.05, 4.69) is 41.4 Å². The summed E-state index contributed by atoms with van der Waals surface area (Å²) in [7, 11) is 0. The van der Waals surface area contributed by atoms with Crippen LogP contribution in [-0.4, -0.2) is 15.5 Å². The van der Waals surface area contributed by atoms with Crippen LogP contribution in [0, 0.1) is 8.34 Å². The molecule has 2 aromatic carbocycles. The molecule has 0 saturated carbocycles. The smallest absolute Gasteiger partial charge is 0.269 e. The number of nitrogens with one attached hydrogen (secondary N) is 1. The molecule has 6 heteroatoms. The van der Waals surface area contributed by atoms with Gasteiger partial charge in [0.25, 0.3) is 11.5 Å². The fraction of sp³-hybridized carbons (Fsp3) is 0.167. The molecular weight excluding hydrogens is 435 g/mol. The van der Waals surface area contributed by atoms with E-state index in [0.29, 0.717) is 22.4 Å². The van der Waals surface area contributed by atoms with Crippen molar-refractivity contribution in [3.8, 4) is 0 Å². The van der Waals surface area contributed by atoms with E-state index in [4.69, 9.17) is 12.2 Å². The van der Waals surface area contributed by atoms with Crippen LogP contribution in [0.2, 0.25) is 0 Å². The summed E-state index contributed by atoms with van der Waals surface area (Å²) in [5.41, 5.74) is 1.80. The van der Waals surface area contributed by atoms with Crippen LogP contribution in [0.3, 0.4) is 0 Å². The van der Waals surface area contributed by atoms with Crippen LogP contribution in [0.5, 0.6) is 0 Å². The molecule has 0 amide bonds. The number of benzene rings is 2. The molecule has 3 rings (SSSR count). The van der Waals surface area contributed by atoms with Crippen LogP contribution < -0.4 is 5.56 Å². The minimum atomic E-state index is -0.419. The average molecular weight is 450 g/mol. The number of aromatic nitrogens is 2. The Morgan fingerprint density at radius 1 is 1.17 bits per heavy atom. The molecule has 24 heavy (non-hydrogen) atoms. The van der Waals surface area contributed by atoms with E-state index >= 15 is 0 Å². The van der Waals surface area contributed by atoms with Gasteiger partial charge in [0, 0.05) is 9.13 Å². The third-order valence-electron chi connectivity index (χ3n) is 3.89. The summed E-state index contributed by atoms with van der Waals surface area (Å²) in [6.45, 7) is 4.17. The zero-order valence-electron chi connectivity index (χ0n) is 13.2. The summed E-state index contributed by atoms with van der Waals surface area (Å²) < 4.78 is 2.05. The van der Waals surface area contributed by atoms with Crippen LogP contribution in [0.4, 0.5) is 0 Å². The van der Waals surface area contributed by atoms with Gasteiger partial charge in [0.05, 0.1) is 10.9 Å². The van der Waals surface area contributed by atoms with Crippen molar-refractivity contribution in [3.05, 3.63) is 72.3 Å². The van der Waals surface area contributed by atoms with Crippen molar-refractivity contribution < 1.29 is 4.79 Å². The molecule has 0 aliphatic rings. The van der Waals surface area contributed by atoms with Crippen LogP contribution in [0.25, 0.3) is 10.9 Å². The van der Waals surface area contributed by atoms with E-state index in [1.807, 2.05) is 18.2 Å². The Labute approximate surface area is 157 Å². The highest BCUT2D eigenvalue weighted by Crippen LogP contribution is 2.16. The molecule has 1 aromatic heterocycles. The number of aromatic amines is 1. The van der Waals surface area contributed by atoms with E-state index < -0.39 is 11.5 Å². The Morgan fingerprint density at radius 2 is 1.83 bits per heavy atom. The highest BCUT2D eigenvalue weighted by Gasteiger charge is 2.15. The first-order chi connectivity index (χ1) is 11.4. The minimum Gasteiger partial charge on any atom is -0.331 e. The van der Waals surface area contributed by atoms with Crippen molar-refractivity contribution in [2.24, 2.45) is 0 Å². The van der Waals surface area contributed by atoms with Gasteiger partial charge in [-0.3, -0.25) is 9.59 Å². The standard InChI is InChI=1S/C18H15IN2O2S/c1-10(2)11-3-5-12(6-4-11)16(22)21-17(23)14-9-13(19)7-8-15(14)20-18(21)24/h3-10H,1-2H3,(H,20,24). The topological polar surface area (TPSA) is 54.9 Å². The van der Waals surface area contributed by atoms with Crippen molar-refractivity contribution >= 4 is 51.6 Å². The normalized spacial score (nSPS) is 11.2. The lowest BCUT2D eigenvalue weighted by Gasteiger charge is -2.09. The molecule has 0 radical (unpaired) electrons. The van der Waals surface area contributed by atoms with Gasteiger partial charge in [-0.15, -0.1) is 0 Å². The fourth-order valence-corrected chi connectivity index (χ4v) is 3.28. The number of H-pyrrole nitrogens is 1. The maximum atomic E-state index is 12.8. The molecule has 0 unspecified atom stereocenters. The molecule has 1 heterocycles. The molecule has 0 saturated heterocycles. The second-order valence-corrected chi connectivity index (χ2v) is 7.47. The molecule has 122 valence electrons. The summed E-state index contributed by atoms with van der Waals surface area (Å²) in [5, 5.41) is 0.447. The van der Waals surface area contributed by atoms with Crippen LogP contribution in [0.15, 0.2) is 47.3 Å². The molecule has 0 aliphatic carbocycles. The van der Waals surface area contributed by atoms with Crippen LogP contribution in [-0.2, 0) is 0 Å². The fourth-order valence-electron chi connectivity index (χ4n) is 2.51. The Balaban J connectivity index is 2.16. The van der Waals surface area contributed by atoms with Crippen LogP contribution >= 0.6 is 34.8 Å². The number of carbonyl (C=O) groups is 1.